The Hall–Kier alpha value is -2.24. The molecule has 1 aromatic carbocycles. The van der Waals surface area contributed by atoms with Crippen molar-refractivity contribution in [2.75, 3.05) is 19.7 Å². The van der Waals surface area contributed by atoms with Crippen molar-refractivity contribution in [2.45, 2.75) is 65.5 Å². The van der Waals surface area contributed by atoms with Gasteiger partial charge in [0.05, 0.1) is 6.61 Å². The molecule has 2 amide bonds. The van der Waals surface area contributed by atoms with Crippen LogP contribution in [0.15, 0.2) is 18.2 Å². The summed E-state index contributed by atoms with van der Waals surface area (Å²) in [4.78, 5) is 26.0. The zero-order chi connectivity index (χ0) is 20.0. The van der Waals surface area contributed by atoms with E-state index in [1.165, 1.54) is 0 Å². The second-order valence-corrected chi connectivity index (χ2v) is 7.42. The topological polar surface area (TPSA) is 67.9 Å². The van der Waals surface area contributed by atoms with Crippen molar-refractivity contribution in [3.8, 4) is 5.75 Å². The number of carbonyl (C=O) groups excluding carboxylic acids is 2. The van der Waals surface area contributed by atoms with Crippen molar-refractivity contribution in [3.05, 3.63) is 29.3 Å². The molecule has 6 heteroatoms. The van der Waals surface area contributed by atoms with E-state index in [1.807, 2.05) is 13.0 Å². The van der Waals surface area contributed by atoms with E-state index in [0.717, 1.165) is 29.7 Å². The van der Waals surface area contributed by atoms with E-state index in [-0.39, 0.29) is 18.0 Å². The average Bonchev–Trinajstić information content (AvgIpc) is 2.62. The zero-order valence-electron chi connectivity index (χ0n) is 17.1. The number of hydrogen-bond acceptors (Lipinski definition) is 4. The van der Waals surface area contributed by atoms with Gasteiger partial charge in [-0.1, -0.05) is 26.0 Å². The van der Waals surface area contributed by atoms with Crippen molar-refractivity contribution in [3.63, 3.8) is 0 Å². The van der Waals surface area contributed by atoms with Gasteiger partial charge in [0.25, 0.3) is 5.91 Å². The molecule has 1 unspecified atom stereocenters. The molecule has 1 heterocycles. The summed E-state index contributed by atoms with van der Waals surface area (Å²) in [5, 5.41) is 3.05. The van der Waals surface area contributed by atoms with Gasteiger partial charge in [0.1, 0.15) is 5.75 Å². The molecule has 1 aliphatic heterocycles. The van der Waals surface area contributed by atoms with Crippen molar-refractivity contribution in [2.24, 2.45) is 0 Å². The lowest BCUT2D eigenvalue weighted by Gasteiger charge is -2.32. The van der Waals surface area contributed by atoms with E-state index in [0.29, 0.717) is 25.6 Å². The standard InChI is InChI=1S/C21H32N2O4/c1-6-26-21(25)23-11-9-17(10-12-23)22-20(24)16(5)27-19-13-15(4)7-8-18(19)14(2)3/h7-8,13-14,16-17H,6,9-12H2,1-5H3,(H,22,24). The molecule has 0 saturated carbocycles. The van der Waals surface area contributed by atoms with Gasteiger partial charge < -0.3 is 19.7 Å². The van der Waals surface area contributed by atoms with Crippen LogP contribution >= 0.6 is 0 Å². The molecule has 27 heavy (non-hydrogen) atoms. The van der Waals surface area contributed by atoms with E-state index in [9.17, 15) is 9.59 Å². The predicted molar refractivity (Wildman–Crippen MR) is 105 cm³/mol. The fourth-order valence-electron chi connectivity index (χ4n) is 3.20. The van der Waals surface area contributed by atoms with Crippen LogP contribution in [0.3, 0.4) is 0 Å². The maximum Gasteiger partial charge on any atom is 0.409 e. The largest absolute Gasteiger partial charge is 0.481 e. The molecule has 0 bridgehead atoms. The Labute approximate surface area is 162 Å². The van der Waals surface area contributed by atoms with Gasteiger partial charge in [0.15, 0.2) is 6.10 Å². The van der Waals surface area contributed by atoms with Crippen LogP contribution in [0, 0.1) is 6.92 Å². The summed E-state index contributed by atoms with van der Waals surface area (Å²) in [5.41, 5.74) is 2.20. The highest BCUT2D eigenvalue weighted by molar-refractivity contribution is 5.81. The summed E-state index contributed by atoms with van der Waals surface area (Å²) in [7, 11) is 0. The van der Waals surface area contributed by atoms with Crippen LogP contribution in [0.5, 0.6) is 5.75 Å². The Morgan fingerprint density at radius 2 is 1.89 bits per heavy atom. The molecular weight excluding hydrogens is 344 g/mol. The molecule has 1 aromatic rings. The maximum absolute atomic E-state index is 12.6. The minimum Gasteiger partial charge on any atom is -0.481 e. The van der Waals surface area contributed by atoms with E-state index in [1.54, 1.807) is 18.7 Å². The summed E-state index contributed by atoms with van der Waals surface area (Å²) in [6.45, 7) is 11.4. The van der Waals surface area contributed by atoms with Crippen LogP contribution in [0.2, 0.25) is 0 Å². The number of amides is 2. The lowest BCUT2D eigenvalue weighted by Crippen LogP contribution is -2.49. The summed E-state index contributed by atoms with van der Waals surface area (Å²) >= 11 is 0. The number of ether oxygens (including phenoxy) is 2. The molecule has 0 aromatic heterocycles. The van der Waals surface area contributed by atoms with Crippen molar-refractivity contribution < 1.29 is 19.1 Å². The smallest absolute Gasteiger partial charge is 0.409 e. The van der Waals surface area contributed by atoms with Gasteiger partial charge in [0, 0.05) is 19.1 Å². The van der Waals surface area contributed by atoms with Crippen LogP contribution in [-0.4, -0.2) is 48.7 Å². The third-order valence-corrected chi connectivity index (χ3v) is 4.83. The Kier molecular flexibility index (Phi) is 7.51. The molecule has 1 fully saturated rings. The van der Waals surface area contributed by atoms with Gasteiger partial charge >= 0.3 is 6.09 Å². The summed E-state index contributed by atoms with van der Waals surface area (Å²) in [6, 6.07) is 6.16. The maximum atomic E-state index is 12.6. The Bertz CT molecular complexity index is 652. The molecule has 6 nitrogen and oxygen atoms in total. The third-order valence-electron chi connectivity index (χ3n) is 4.83. The number of nitrogens with zero attached hydrogens (tertiary/aromatic N) is 1. The number of aryl methyl sites for hydroxylation is 1. The minimum atomic E-state index is -0.576. The van der Waals surface area contributed by atoms with Gasteiger partial charge in [0.2, 0.25) is 0 Å². The van der Waals surface area contributed by atoms with E-state index in [4.69, 9.17) is 9.47 Å². The molecule has 1 aliphatic rings. The monoisotopic (exact) mass is 376 g/mol. The first-order valence-corrected chi connectivity index (χ1v) is 9.81. The Balaban J connectivity index is 1.88. The molecule has 1 atom stereocenters. The lowest BCUT2D eigenvalue weighted by atomic mass is 10.0. The van der Waals surface area contributed by atoms with E-state index in [2.05, 4.69) is 31.3 Å². The highest BCUT2D eigenvalue weighted by Crippen LogP contribution is 2.28. The molecule has 0 aliphatic carbocycles. The average molecular weight is 376 g/mol. The number of carbonyl (C=O) groups is 2. The molecule has 150 valence electrons. The number of nitrogens with one attached hydrogen (secondary N) is 1. The molecule has 1 saturated heterocycles. The normalized spacial score (nSPS) is 16.1. The number of benzene rings is 1. The highest BCUT2D eigenvalue weighted by Gasteiger charge is 2.26. The summed E-state index contributed by atoms with van der Waals surface area (Å²) < 4.78 is 11.0. The summed E-state index contributed by atoms with van der Waals surface area (Å²) in [6.07, 6.45) is 0.588. The van der Waals surface area contributed by atoms with Gasteiger partial charge in [-0.15, -0.1) is 0 Å². The second kappa shape index (κ2) is 9.62. The first kappa shape index (κ1) is 21.1. The van der Waals surface area contributed by atoms with Gasteiger partial charge in [-0.2, -0.15) is 0 Å². The number of piperidine rings is 1. The van der Waals surface area contributed by atoms with E-state index < -0.39 is 6.10 Å². The molecule has 0 radical (unpaired) electrons. The van der Waals surface area contributed by atoms with Gasteiger partial charge in [-0.3, -0.25) is 4.79 Å². The quantitative estimate of drug-likeness (QED) is 0.823. The van der Waals surface area contributed by atoms with Gasteiger partial charge in [-0.05, 0) is 56.7 Å². The summed E-state index contributed by atoms with van der Waals surface area (Å²) in [5.74, 6) is 0.966. The Morgan fingerprint density at radius 1 is 1.22 bits per heavy atom. The highest BCUT2D eigenvalue weighted by atomic mass is 16.6. The first-order valence-electron chi connectivity index (χ1n) is 9.81. The van der Waals surface area contributed by atoms with Crippen molar-refractivity contribution >= 4 is 12.0 Å². The van der Waals surface area contributed by atoms with Crippen molar-refractivity contribution in [1.82, 2.24) is 10.2 Å². The number of hydrogen-bond donors (Lipinski definition) is 1. The van der Waals surface area contributed by atoms with Crippen LogP contribution < -0.4 is 10.1 Å². The van der Waals surface area contributed by atoms with E-state index >= 15 is 0 Å². The molecule has 2 rings (SSSR count). The van der Waals surface area contributed by atoms with Gasteiger partial charge in [-0.25, -0.2) is 4.79 Å². The van der Waals surface area contributed by atoms with Crippen LogP contribution in [-0.2, 0) is 9.53 Å². The SMILES string of the molecule is CCOC(=O)N1CCC(NC(=O)C(C)Oc2cc(C)ccc2C(C)C)CC1. The zero-order valence-corrected chi connectivity index (χ0v) is 17.1. The number of likely N-dealkylation sites (tertiary alicyclic amines) is 1. The second-order valence-electron chi connectivity index (χ2n) is 7.42. The lowest BCUT2D eigenvalue weighted by molar-refractivity contribution is -0.128. The van der Waals surface area contributed by atoms with Crippen LogP contribution in [0.25, 0.3) is 0 Å². The molecule has 0 spiro atoms. The fourth-order valence-corrected chi connectivity index (χ4v) is 3.20. The third kappa shape index (κ3) is 5.88. The number of rotatable bonds is 6. The molecular formula is C21H32N2O4. The predicted octanol–water partition coefficient (Wildman–Crippen LogP) is 3.62. The fraction of sp³-hybridized carbons (Fsp3) is 0.619. The minimum absolute atomic E-state index is 0.0521. The van der Waals surface area contributed by atoms with Crippen molar-refractivity contribution in [1.29, 1.82) is 0 Å². The first-order chi connectivity index (χ1) is 12.8. The Morgan fingerprint density at radius 3 is 2.48 bits per heavy atom. The van der Waals surface area contributed by atoms with Crippen LogP contribution in [0.4, 0.5) is 4.79 Å². The molecule has 1 N–H and O–H groups in total. The van der Waals surface area contributed by atoms with Crippen LogP contribution in [0.1, 0.15) is 57.6 Å².